The Kier molecular flexibility index (Phi) is 3.94. The fourth-order valence-corrected chi connectivity index (χ4v) is 2.64. The smallest absolute Gasteiger partial charge is 0.0644 e. The highest BCUT2D eigenvalue weighted by molar-refractivity contribution is 7.97. The predicted molar refractivity (Wildman–Crippen MR) is 61.0 cm³/mol. The first-order chi connectivity index (χ1) is 6.40. The number of ether oxygens (including phenoxy) is 1. The molecule has 1 aliphatic rings. The van der Waals surface area contributed by atoms with Crippen molar-refractivity contribution in [3.63, 3.8) is 0 Å². The Bertz CT molecular complexity index is 275. The van der Waals surface area contributed by atoms with Gasteiger partial charge in [-0.05, 0) is 26.4 Å². The average Bonchev–Trinajstić information content (AvgIpc) is 2.01. The molecular weight excluding hydrogens is 200 g/mol. The van der Waals surface area contributed by atoms with Crippen molar-refractivity contribution in [3.05, 3.63) is 0 Å². The van der Waals surface area contributed by atoms with Crippen LogP contribution in [0.2, 0.25) is 0 Å². The second-order valence-electron chi connectivity index (χ2n) is 4.12. The first kappa shape index (κ1) is 12.0. The average molecular weight is 220 g/mol. The summed E-state index contributed by atoms with van der Waals surface area (Å²) in [7, 11) is 1.92. The van der Waals surface area contributed by atoms with Gasteiger partial charge in [-0.1, -0.05) is 0 Å². The fraction of sp³-hybridized carbons (Fsp3) is 0.889. The van der Waals surface area contributed by atoms with Gasteiger partial charge in [0.2, 0.25) is 0 Å². The molecule has 0 bridgehead atoms. The molecule has 1 fully saturated rings. The molecule has 1 rings (SSSR count). The monoisotopic (exact) mass is 220 g/mol. The van der Waals surface area contributed by atoms with Crippen molar-refractivity contribution < 1.29 is 8.95 Å². The Morgan fingerprint density at radius 3 is 2.71 bits per heavy atom. The number of nitrogens with one attached hydrogen (secondary N) is 1. The van der Waals surface area contributed by atoms with E-state index in [1.54, 1.807) is 6.26 Å². The molecule has 1 heterocycles. The highest BCUT2D eigenvalue weighted by Crippen LogP contribution is 2.12. The molecule has 14 heavy (non-hydrogen) atoms. The van der Waals surface area contributed by atoms with Gasteiger partial charge in [-0.15, -0.1) is 0 Å². The summed E-state index contributed by atoms with van der Waals surface area (Å²) in [5.74, 6) is 3.60. The summed E-state index contributed by atoms with van der Waals surface area (Å²) >= 11 is 0. The predicted octanol–water partition coefficient (Wildman–Crippen LogP) is -0.444. The van der Waals surface area contributed by atoms with E-state index in [2.05, 4.69) is 15.5 Å². The molecule has 0 saturated carbocycles. The Labute approximate surface area is 86.8 Å². The fourth-order valence-electron chi connectivity index (χ4n) is 1.78. The van der Waals surface area contributed by atoms with Crippen LogP contribution in [0.15, 0.2) is 0 Å². The molecule has 1 saturated heterocycles. The number of likely N-dealkylation sites (N-methyl/N-ethyl adjacent to an activating group) is 1. The third-order valence-electron chi connectivity index (χ3n) is 2.38. The molecule has 3 atom stereocenters. The van der Waals surface area contributed by atoms with Crippen LogP contribution in [0.5, 0.6) is 0 Å². The number of hydrogen-bond acceptors (Lipinski definition) is 3. The number of hydrogen-bond donors (Lipinski definition) is 1. The summed E-state index contributed by atoms with van der Waals surface area (Å²) in [5, 5.41) is 0. The molecule has 3 unspecified atom stereocenters. The van der Waals surface area contributed by atoms with Gasteiger partial charge in [-0.25, -0.2) is 4.72 Å². The summed E-state index contributed by atoms with van der Waals surface area (Å²) in [6.07, 6.45) is 2.59. The zero-order valence-electron chi connectivity index (χ0n) is 9.16. The third-order valence-corrected chi connectivity index (χ3v) is 3.19. The van der Waals surface area contributed by atoms with E-state index in [-0.39, 0.29) is 6.04 Å². The highest BCUT2D eigenvalue weighted by Gasteiger charge is 2.28. The molecule has 0 aromatic carbocycles. The lowest BCUT2D eigenvalue weighted by Crippen LogP contribution is -2.54. The minimum Gasteiger partial charge on any atom is -0.380 e. The molecule has 1 aliphatic heterocycles. The van der Waals surface area contributed by atoms with E-state index in [4.69, 9.17) is 4.74 Å². The van der Waals surface area contributed by atoms with Crippen LogP contribution in [-0.4, -0.2) is 60.6 Å². The quantitative estimate of drug-likeness (QED) is 0.655. The van der Waals surface area contributed by atoms with E-state index in [1.807, 2.05) is 14.1 Å². The van der Waals surface area contributed by atoms with Gasteiger partial charge in [0.25, 0.3) is 0 Å². The molecular formula is C9H20N2O2S. The number of nitrogens with zero attached hydrogens (tertiary/aromatic N) is 1. The molecule has 84 valence electrons. The Morgan fingerprint density at radius 1 is 1.57 bits per heavy atom. The van der Waals surface area contributed by atoms with Crippen LogP contribution >= 0.6 is 0 Å². The van der Waals surface area contributed by atoms with E-state index in [0.29, 0.717) is 12.6 Å². The van der Waals surface area contributed by atoms with Crippen molar-refractivity contribution in [3.8, 4) is 0 Å². The third kappa shape index (κ3) is 3.57. The normalized spacial score (nSPS) is 32.9. The molecule has 0 amide bonds. The van der Waals surface area contributed by atoms with E-state index in [0.717, 1.165) is 13.0 Å². The first-order valence-electron chi connectivity index (χ1n) is 4.74. The van der Waals surface area contributed by atoms with Crippen molar-refractivity contribution in [1.29, 1.82) is 0 Å². The molecule has 1 N–H and O–H groups in total. The summed E-state index contributed by atoms with van der Waals surface area (Å²) in [4.78, 5) is 2.14. The van der Waals surface area contributed by atoms with Gasteiger partial charge in [0, 0.05) is 28.6 Å². The molecule has 0 aliphatic carbocycles. The lowest BCUT2D eigenvalue weighted by molar-refractivity contribution is 0.0289. The maximum Gasteiger partial charge on any atom is 0.0644 e. The van der Waals surface area contributed by atoms with Crippen molar-refractivity contribution in [1.82, 2.24) is 9.62 Å². The van der Waals surface area contributed by atoms with Gasteiger partial charge in [0.15, 0.2) is 0 Å². The standard InChI is InChI=1S/C9H20N2O2S/c1-11(2)9-5-6-13-7-8(9)10-14(3,4)12/h8-9H,3,5-7H2,1-2,4H3,(H,10,12). The van der Waals surface area contributed by atoms with Crippen LogP contribution in [0.3, 0.4) is 0 Å². The minimum absolute atomic E-state index is 0.119. The van der Waals surface area contributed by atoms with Crippen LogP contribution in [0.1, 0.15) is 6.42 Å². The van der Waals surface area contributed by atoms with Crippen LogP contribution in [-0.2, 0) is 14.4 Å². The van der Waals surface area contributed by atoms with Gasteiger partial charge in [-0.2, -0.15) is 0 Å². The van der Waals surface area contributed by atoms with E-state index < -0.39 is 9.71 Å². The van der Waals surface area contributed by atoms with Crippen LogP contribution in [0, 0.1) is 0 Å². The molecule has 0 aromatic heterocycles. The van der Waals surface area contributed by atoms with Crippen molar-refractivity contribution in [2.45, 2.75) is 18.5 Å². The van der Waals surface area contributed by atoms with Crippen molar-refractivity contribution >= 4 is 15.6 Å². The lowest BCUT2D eigenvalue weighted by atomic mass is 10.0. The first-order valence-corrected chi connectivity index (χ1v) is 6.87. The zero-order chi connectivity index (χ0) is 10.8. The van der Waals surface area contributed by atoms with Crippen LogP contribution < -0.4 is 4.72 Å². The summed E-state index contributed by atoms with van der Waals surface area (Å²) in [6.45, 7) is 1.40. The SMILES string of the molecule is C=S(C)(=O)NC1COCCC1N(C)C. The Morgan fingerprint density at radius 2 is 2.21 bits per heavy atom. The van der Waals surface area contributed by atoms with Gasteiger partial charge in [-0.3, -0.25) is 4.21 Å². The van der Waals surface area contributed by atoms with E-state index in [9.17, 15) is 4.21 Å². The van der Waals surface area contributed by atoms with Crippen LogP contribution in [0.4, 0.5) is 0 Å². The van der Waals surface area contributed by atoms with Gasteiger partial charge in [0.1, 0.15) is 0 Å². The summed E-state index contributed by atoms with van der Waals surface area (Å²) < 4.78 is 19.9. The zero-order valence-corrected chi connectivity index (χ0v) is 9.97. The largest absolute Gasteiger partial charge is 0.380 e. The second kappa shape index (κ2) is 4.61. The van der Waals surface area contributed by atoms with Gasteiger partial charge >= 0.3 is 0 Å². The Balaban J connectivity index is 2.63. The van der Waals surface area contributed by atoms with Crippen LogP contribution in [0.25, 0.3) is 0 Å². The van der Waals surface area contributed by atoms with Crippen molar-refractivity contribution in [2.75, 3.05) is 33.6 Å². The van der Waals surface area contributed by atoms with E-state index in [1.165, 1.54) is 0 Å². The maximum atomic E-state index is 11.5. The number of rotatable bonds is 3. The summed E-state index contributed by atoms with van der Waals surface area (Å²) in [5.41, 5.74) is 0. The van der Waals surface area contributed by atoms with E-state index >= 15 is 0 Å². The maximum absolute atomic E-state index is 11.5. The highest BCUT2D eigenvalue weighted by atomic mass is 32.2. The second-order valence-corrected chi connectivity index (χ2v) is 6.37. The summed E-state index contributed by atoms with van der Waals surface area (Å²) in [6, 6.07) is 0.500. The molecule has 0 spiro atoms. The van der Waals surface area contributed by atoms with Crippen molar-refractivity contribution in [2.24, 2.45) is 0 Å². The minimum atomic E-state index is -2.15. The Hall–Kier alpha value is -0.100. The van der Waals surface area contributed by atoms with Gasteiger partial charge < -0.3 is 9.64 Å². The molecule has 0 aromatic rings. The molecule has 5 heteroatoms. The lowest BCUT2D eigenvalue weighted by Gasteiger charge is -2.36. The topological polar surface area (TPSA) is 41.6 Å². The molecule has 4 nitrogen and oxygen atoms in total. The van der Waals surface area contributed by atoms with Gasteiger partial charge in [0.05, 0.1) is 12.6 Å². The molecule has 0 radical (unpaired) electrons.